The summed E-state index contributed by atoms with van der Waals surface area (Å²) in [7, 11) is 2.06. The third kappa shape index (κ3) is 2.35. The zero-order chi connectivity index (χ0) is 16.5. The van der Waals surface area contributed by atoms with Gasteiger partial charge in [0.25, 0.3) is 5.91 Å². The summed E-state index contributed by atoms with van der Waals surface area (Å²) in [5.74, 6) is -0.0604. The minimum Gasteiger partial charge on any atom is -0.344 e. The van der Waals surface area contributed by atoms with Crippen molar-refractivity contribution in [3.63, 3.8) is 0 Å². The molecule has 4 rings (SSSR count). The van der Waals surface area contributed by atoms with Crippen molar-refractivity contribution in [3.8, 4) is 0 Å². The van der Waals surface area contributed by atoms with Gasteiger partial charge in [-0.1, -0.05) is 54.6 Å². The van der Waals surface area contributed by atoms with E-state index in [1.54, 1.807) is 0 Å². The van der Waals surface area contributed by atoms with E-state index in [1.807, 2.05) is 54.6 Å². The lowest BCUT2D eigenvalue weighted by Gasteiger charge is -2.35. The van der Waals surface area contributed by atoms with E-state index in [2.05, 4.69) is 41.5 Å². The Kier molecular flexibility index (Phi) is 3.54. The summed E-state index contributed by atoms with van der Waals surface area (Å²) in [5, 5.41) is 3.20. The van der Waals surface area contributed by atoms with Crippen LogP contribution in [0.5, 0.6) is 0 Å². The summed E-state index contributed by atoms with van der Waals surface area (Å²) in [6, 6.07) is 25.6. The van der Waals surface area contributed by atoms with E-state index in [0.717, 1.165) is 22.5 Å². The van der Waals surface area contributed by atoms with Gasteiger partial charge in [-0.15, -0.1) is 0 Å². The number of benzene rings is 3. The third-order valence-corrected chi connectivity index (χ3v) is 4.53. The normalized spacial score (nSPS) is 13.1. The molecule has 0 unspecified atom stereocenters. The Hall–Kier alpha value is -3.07. The quantitative estimate of drug-likeness (QED) is 0.765. The standard InChI is InChI=1S/C21H18N2O/c1-23-18-13-7-5-11-16(18)20(17-12-6-8-14-19(17)23)22-21(24)15-9-3-2-4-10-15/h2-14,20H,1H3,(H,22,24). The molecule has 1 heterocycles. The highest BCUT2D eigenvalue weighted by Crippen LogP contribution is 2.43. The molecule has 1 amide bonds. The average molecular weight is 314 g/mol. The number of nitrogens with one attached hydrogen (secondary N) is 1. The van der Waals surface area contributed by atoms with E-state index in [1.165, 1.54) is 0 Å². The summed E-state index contributed by atoms with van der Waals surface area (Å²) in [6.07, 6.45) is 0. The summed E-state index contributed by atoms with van der Waals surface area (Å²) >= 11 is 0. The smallest absolute Gasteiger partial charge is 0.252 e. The summed E-state index contributed by atoms with van der Waals surface area (Å²) < 4.78 is 0. The maximum absolute atomic E-state index is 12.7. The van der Waals surface area contributed by atoms with Crippen LogP contribution in [0, 0.1) is 0 Å². The molecule has 0 fully saturated rings. The molecule has 3 heteroatoms. The van der Waals surface area contributed by atoms with Gasteiger partial charge in [0.05, 0.1) is 6.04 Å². The van der Waals surface area contributed by atoms with E-state index in [4.69, 9.17) is 0 Å². The second-order valence-electron chi connectivity index (χ2n) is 5.95. The Morgan fingerprint density at radius 1 is 0.792 bits per heavy atom. The van der Waals surface area contributed by atoms with Crippen LogP contribution in [-0.4, -0.2) is 13.0 Å². The molecular weight excluding hydrogens is 296 g/mol. The van der Waals surface area contributed by atoms with E-state index in [-0.39, 0.29) is 11.9 Å². The summed E-state index contributed by atoms with van der Waals surface area (Å²) in [4.78, 5) is 14.9. The first-order chi connectivity index (χ1) is 11.8. The molecule has 118 valence electrons. The van der Waals surface area contributed by atoms with Gasteiger partial charge < -0.3 is 10.2 Å². The largest absolute Gasteiger partial charge is 0.344 e. The Balaban J connectivity index is 1.78. The lowest BCUT2D eigenvalue weighted by atomic mass is 9.90. The Morgan fingerprint density at radius 2 is 1.29 bits per heavy atom. The molecule has 3 nitrogen and oxygen atoms in total. The number of amides is 1. The van der Waals surface area contributed by atoms with Crippen molar-refractivity contribution >= 4 is 17.3 Å². The van der Waals surface area contributed by atoms with Crippen LogP contribution < -0.4 is 10.2 Å². The van der Waals surface area contributed by atoms with Gasteiger partial charge in [0.1, 0.15) is 0 Å². The molecule has 0 saturated carbocycles. The van der Waals surface area contributed by atoms with Crippen molar-refractivity contribution < 1.29 is 4.79 Å². The number of hydrogen-bond acceptors (Lipinski definition) is 2. The summed E-state index contributed by atoms with van der Waals surface area (Å²) in [5.41, 5.74) is 5.14. The SMILES string of the molecule is CN1c2ccccc2C(NC(=O)c2ccccc2)c2ccccc21. The first-order valence-corrected chi connectivity index (χ1v) is 8.03. The molecule has 1 aliphatic rings. The number of anilines is 2. The molecule has 3 aromatic carbocycles. The van der Waals surface area contributed by atoms with Crippen molar-refractivity contribution in [1.29, 1.82) is 0 Å². The van der Waals surface area contributed by atoms with Gasteiger partial charge in [-0.05, 0) is 24.3 Å². The molecule has 0 aliphatic carbocycles. The Bertz CT molecular complexity index is 842. The highest BCUT2D eigenvalue weighted by Gasteiger charge is 2.29. The van der Waals surface area contributed by atoms with E-state index >= 15 is 0 Å². The molecule has 0 saturated heterocycles. The molecule has 0 radical (unpaired) electrons. The molecule has 0 bridgehead atoms. The van der Waals surface area contributed by atoms with Gasteiger partial charge >= 0.3 is 0 Å². The van der Waals surface area contributed by atoms with Gasteiger partial charge in [0.15, 0.2) is 0 Å². The van der Waals surface area contributed by atoms with Crippen LogP contribution in [0.3, 0.4) is 0 Å². The fraction of sp³-hybridized carbons (Fsp3) is 0.0952. The number of hydrogen-bond donors (Lipinski definition) is 1. The minimum absolute atomic E-state index is 0.0604. The van der Waals surface area contributed by atoms with Crippen LogP contribution >= 0.6 is 0 Å². The van der Waals surface area contributed by atoms with Gasteiger partial charge in [-0.25, -0.2) is 0 Å². The Morgan fingerprint density at radius 3 is 1.88 bits per heavy atom. The van der Waals surface area contributed by atoms with Crippen molar-refractivity contribution in [3.05, 3.63) is 95.6 Å². The molecule has 1 aliphatic heterocycles. The zero-order valence-corrected chi connectivity index (χ0v) is 13.4. The highest BCUT2D eigenvalue weighted by atomic mass is 16.1. The zero-order valence-electron chi connectivity index (χ0n) is 13.4. The maximum Gasteiger partial charge on any atom is 0.252 e. The van der Waals surface area contributed by atoms with Crippen molar-refractivity contribution in [2.24, 2.45) is 0 Å². The predicted octanol–water partition coefficient (Wildman–Crippen LogP) is 4.29. The summed E-state index contributed by atoms with van der Waals surface area (Å²) in [6.45, 7) is 0. The van der Waals surface area contributed by atoms with Crippen molar-refractivity contribution in [2.75, 3.05) is 11.9 Å². The molecule has 24 heavy (non-hydrogen) atoms. The first kappa shape index (κ1) is 14.5. The van der Waals surface area contributed by atoms with Crippen molar-refractivity contribution in [1.82, 2.24) is 5.32 Å². The predicted molar refractivity (Wildman–Crippen MR) is 96.7 cm³/mol. The number of carbonyl (C=O) groups excluding carboxylic acids is 1. The monoisotopic (exact) mass is 314 g/mol. The topological polar surface area (TPSA) is 32.3 Å². The minimum atomic E-state index is -0.152. The molecule has 3 aromatic rings. The second kappa shape index (κ2) is 5.85. The van der Waals surface area contributed by atoms with E-state index in [0.29, 0.717) is 5.56 Å². The third-order valence-electron chi connectivity index (χ3n) is 4.53. The number of fused-ring (bicyclic) bond motifs is 2. The van der Waals surface area contributed by atoms with Crippen LogP contribution in [0.2, 0.25) is 0 Å². The van der Waals surface area contributed by atoms with Gasteiger partial charge in [-0.3, -0.25) is 4.79 Å². The number of rotatable bonds is 2. The Labute approximate surface area is 141 Å². The maximum atomic E-state index is 12.7. The molecular formula is C21H18N2O. The fourth-order valence-electron chi connectivity index (χ4n) is 3.33. The van der Waals surface area contributed by atoms with E-state index in [9.17, 15) is 4.79 Å². The number of carbonyl (C=O) groups is 1. The lowest BCUT2D eigenvalue weighted by Crippen LogP contribution is -2.34. The molecule has 0 aromatic heterocycles. The van der Waals surface area contributed by atoms with Crippen LogP contribution in [0.15, 0.2) is 78.9 Å². The van der Waals surface area contributed by atoms with Crippen LogP contribution in [0.1, 0.15) is 27.5 Å². The lowest BCUT2D eigenvalue weighted by molar-refractivity contribution is 0.0943. The first-order valence-electron chi connectivity index (χ1n) is 8.03. The molecule has 0 spiro atoms. The molecule has 1 N–H and O–H groups in total. The van der Waals surface area contributed by atoms with Crippen LogP contribution in [0.25, 0.3) is 0 Å². The second-order valence-corrected chi connectivity index (χ2v) is 5.95. The fourth-order valence-corrected chi connectivity index (χ4v) is 3.33. The molecule has 0 atom stereocenters. The highest BCUT2D eigenvalue weighted by molar-refractivity contribution is 5.95. The number of para-hydroxylation sites is 2. The number of nitrogens with zero attached hydrogens (tertiary/aromatic N) is 1. The van der Waals surface area contributed by atoms with Crippen LogP contribution in [-0.2, 0) is 0 Å². The average Bonchev–Trinajstić information content (AvgIpc) is 2.65. The van der Waals surface area contributed by atoms with Gasteiger partial charge in [0, 0.05) is 35.1 Å². The van der Waals surface area contributed by atoms with Crippen molar-refractivity contribution in [2.45, 2.75) is 6.04 Å². The van der Waals surface area contributed by atoms with Crippen LogP contribution in [0.4, 0.5) is 11.4 Å². The van der Waals surface area contributed by atoms with Gasteiger partial charge in [0.2, 0.25) is 0 Å². The van der Waals surface area contributed by atoms with E-state index < -0.39 is 0 Å². The van der Waals surface area contributed by atoms with Gasteiger partial charge in [-0.2, -0.15) is 0 Å².